The van der Waals surface area contributed by atoms with Gasteiger partial charge in [-0.1, -0.05) is 11.6 Å². The second-order valence-corrected chi connectivity index (χ2v) is 9.49. The number of fused-ring (bicyclic) bond motifs is 1. The summed E-state index contributed by atoms with van der Waals surface area (Å²) >= 11 is 6.00. The summed E-state index contributed by atoms with van der Waals surface area (Å²) in [7, 11) is 3.63. The molecule has 7 nitrogen and oxygen atoms in total. The van der Waals surface area contributed by atoms with Crippen LogP contribution in [-0.2, 0) is 4.79 Å². The van der Waals surface area contributed by atoms with E-state index in [0.29, 0.717) is 13.2 Å². The zero-order chi connectivity index (χ0) is 23.9. The number of ether oxygens (including phenoxy) is 1. The second kappa shape index (κ2) is 11.7. The Morgan fingerprint density at radius 1 is 1.00 bits per heavy atom. The summed E-state index contributed by atoms with van der Waals surface area (Å²) in [5.74, 6) is 1.04. The molecule has 2 aromatic carbocycles. The van der Waals surface area contributed by atoms with Crippen LogP contribution >= 0.6 is 11.6 Å². The van der Waals surface area contributed by atoms with E-state index in [1.54, 1.807) is 4.90 Å². The maximum atomic E-state index is 11.9. The molecule has 1 aliphatic heterocycles. The Bertz CT molecular complexity index is 1070. The SMILES string of the molecule is CN(C)C(=O)CN1CCN(CCCCCOc2ccc3c(c2)ncn3-c2ccc(Cl)cc2)CC1. The molecule has 0 N–H and O–H groups in total. The first-order chi connectivity index (χ1) is 16.5. The highest BCUT2D eigenvalue weighted by molar-refractivity contribution is 6.30. The second-order valence-electron chi connectivity index (χ2n) is 9.06. The Balaban J connectivity index is 1.14. The average molecular weight is 484 g/mol. The minimum Gasteiger partial charge on any atom is -0.494 e. The summed E-state index contributed by atoms with van der Waals surface area (Å²) in [6, 6.07) is 13.8. The van der Waals surface area contributed by atoms with Crippen molar-refractivity contribution in [1.82, 2.24) is 24.3 Å². The number of piperazine rings is 1. The van der Waals surface area contributed by atoms with Crippen molar-refractivity contribution in [3.63, 3.8) is 0 Å². The highest BCUT2D eigenvalue weighted by Gasteiger charge is 2.19. The van der Waals surface area contributed by atoms with Gasteiger partial charge in [0, 0.05) is 57.1 Å². The standard InChI is InChI=1S/C26H34ClN5O2/c1-29(2)26(33)19-31-15-13-30(14-16-31)12-4-3-5-17-34-23-10-11-25-24(18-23)28-20-32(25)22-8-6-21(27)7-9-22/h6-11,18,20H,3-5,12-17,19H2,1-2H3. The van der Waals surface area contributed by atoms with Crippen LogP contribution in [0.4, 0.5) is 0 Å². The van der Waals surface area contributed by atoms with Crippen LogP contribution in [0.2, 0.25) is 5.02 Å². The maximum absolute atomic E-state index is 11.9. The molecule has 1 fully saturated rings. The number of carbonyl (C=O) groups is 1. The first kappa shape index (κ1) is 24.5. The number of aromatic nitrogens is 2. The predicted molar refractivity (Wildman–Crippen MR) is 137 cm³/mol. The number of unbranched alkanes of at least 4 members (excludes halogenated alkanes) is 2. The first-order valence-corrected chi connectivity index (χ1v) is 12.4. The van der Waals surface area contributed by atoms with Gasteiger partial charge in [0.15, 0.2) is 0 Å². The average Bonchev–Trinajstić information content (AvgIpc) is 3.26. The number of hydrogen-bond acceptors (Lipinski definition) is 5. The number of hydrogen-bond donors (Lipinski definition) is 0. The quantitative estimate of drug-likeness (QED) is 0.409. The zero-order valence-electron chi connectivity index (χ0n) is 20.1. The molecule has 8 heteroatoms. The van der Waals surface area contributed by atoms with E-state index < -0.39 is 0 Å². The number of nitrogens with zero attached hydrogens (tertiary/aromatic N) is 5. The van der Waals surface area contributed by atoms with Gasteiger partial charge in [-0.3, -0.25) is 14.3 Å². The molecule has 2 heterocycles. The van der Waals surface area contributed by atoms with E-state index in [-0.39, 0.29) is 5.91 Å². The highest BCUT2D eigenvalue weighted by Crippen LogP contribution is 2.24. The van der Waals surface area contributed by atoms with Gasteiger partial charge in [-0.2, -0.15) is 0 Å². The van der Waals surface area contributed by atoms with Crippen molar-refractivity contribution in [2.24, 2.45) is 0 Å². The molecule has 34 heavy (non-hydrogen) atoms. The van der Waals surface area contributed by atoms with Crippen molar-refractivity contribution < 1.29 is 9.53 Å². The number of amides is 1. The number of likely N-dealkylation sites (N-methyl/N-ethyl adjacent to an activating group) is 1. The third-order valence-corrected chi connectivity index (χ3v) is 6.59. The lowest BCUT2D eigenvalue weighted by Crippen LogP contribution is -2.49. The van der Waals surface area contributed by atoms with Gasteiger partial charge in [0.2, 0.25) is 5.91 Å². The topological polar surface area (TPSA) is 53.8 Å². The summed E-state index contributed by atoms with van der Waals surface area (Å²) in [4.78, 5) is 22.8. The number of benzene rings is 2. The molecule has 0 bridgehead atoms. The molecular weight excluding hydrogens is 450 g/mol. The summed E-state index contributed by atoms with van der Waals surface area (Å²) in [6.07, 6.45) is 5.18. The summed E-state index contributed by atoms with van der Waals surface area (Å²) in [5, 5.41) is 0.722. The van der Waals surface area contributed by atoms with E-state index in [2.05, 4.69) is 25.4 Å². The molecule has 0 radical (unpaired) electrons. The van der Waals surface area contributed by atoms with E-state index in [1.807, 2.05) is 56.8 Å². The number of imidazole rings is 1. The van der Waals surface area contributed by atoms with Crippen LogP contribution < -0.4 is 4.74 Å². The number of rotatable bonds is 10. The van der Waals surface area contributed by atoms with Crippen molar-refractivity contribution in [1.29, 1.82) is 0 Å². The zero-order valence-corrected chi connectivity index (χ0v) is 20.9. The fraction of sp³-hybridized carbons (Fsp3) is 0.462. The summed E-state index contributed by atoms with van der Waals surface area (Å²) < 4.78 is 8.04. The van der Waals surface area contributed by atoms with Crippen molar-refractivity contribution in [3.8, 4) is 11.4 Å². The molecule has 182 valence electrons. The van der Waals surface area contributed by atoms with Crippen LogP contribution in [0.15, 0.2) is 48.8 Å². The van der Waals surface area contributed by atoms with Gasteiger partial charge in [0.25, 0.3) is 0 Å². The molecule has 0 spiro atoms. The monoisotopic (exact) mass is 483 g/mol. The highest BCUT2D eigenvalue weighted by atomic mass is 35.5. The molecule has 1 amide bonds. The fourth-order valence-corrected chi connectivity index (χ4v) is 4.32. The van der Waals surface area contributed by atoms with Gasteiger partial charge in [0.05, 0.1) is 24.2 Å². The number of halogens is 1. The van der Waals surface area contributed by atoms with E-state index in [4.69, 9.17) is 16.3 Å². The van der Waals surface area contributed by atoms with Crippen LogP contribution in [0.1, 0.15) is 19.3 Å². The Morgan fingerprint density at radius 3 is 2.47 bits per heavy atom. The minimum atomic E-state index is 0.183. The van der Waals surface area contributed by atoms with Crippen LogP contribution in [-0.4, -0.2) is 90.1 Å². The Labute approximate surface area is 206 Å². The predicted octanol–water partition coefficient (Wildman–Crippen LogP) is 3.93. The lowest BCUT2D eigenvalue weighted by molar-refractivity contribution is -0.130. The largest absolute Gasteiger partial charge is 0.494 e. The van der Waals surface area contributed by atoms with Gasteiger partial charge in [0.1, 0.15) is 12.1 Å². The molecule has 0 saturated carbocycles. The molecule has 1 aromatic heterocycles. The Kier molecular flexibility index (Phi) is 8.43. The fourth-order valence-electron chi connectivity index (χ4n) is 4.20. The van der Waals surface area contributed by atoms with Crippen molar-refractivity contribution in [3.05, 3.63) is 53.8 Å². The van der Waals surface area contributed by atoms with Crippen LogP contribution in [0.3, 0.4) is 0 Å². The van der Waals surface area contributed by atoms with Crippen LogP contribution in [0.5, 0.6) is 5.75 Å². The van der Waals surface area contributed by atoms with Gasteiger partial charge in [-0.25, -0.2) is 4.98 Å². The molecule has 1 aliphatic rings. The van der Waals surface area contributed by atoms with Crippen molar-refractivity contribution >= 4 is 28.5 Å². The first-order valence-electron chi connectivity index (χ1n) is 12.0. The lowest BCUT2D eigenvalue weighted by atomic mass is 10.2. The van der Waals surface area contributed by atoms with Gasteiger partial charge in [-0.05, 0) is 62.2 Å². The Hall–Kier alpha value is -2.61. The molecule has 3 aromatic rings. The number of carbonyl (C=O) groups excluding carboxylic acids is 1. The third-order valence-electron chi connectivity index (χ3n) is 6.33. The van der Waals surface area contributed by atoms with Crippen molar-refractivity contribution in [2.75, 3.05) is 60.0 Å². The Morgan fingerprint density at radius 2 is 1.74 bits per heavy atom. The lowest BCUT2D eigenvalue weighted by Gasteiger charge is -2.34. The molecule has 0 atom stereocenters. The smallest absolute Gasteiger partial charge is 0.236 e. The summed E-state index contributed by atoms with van der Waals surface area (Å²) in [5.41, 5.74) is 2.99. The van der Waals surface area contributed by atoms with Crippen LogP contribution in [0.25, 0.3) is 16.7 Å². The van der Waals surface area contributed by atoms with Gasteiger partial charge >= 0.3 is 0 Å². The van der Waals surface area contributed by atoms with E-state index in [0.717, 1.165) is 73.1 Å². The molecular formula is C26H34ClN5O2. The van der Waals surface area contributed by atoms with Gasteiger partial charge < -0.3 is 14.5 Å². The van der Waals surface area contributed by atoms with Gasteiger partial charge in [-0.15, -0.1) is 0 Å². The van der Waals surface area contributed by atoms with E-state index >= 15 is 0 Å². The molecule has 4 rings (SSSR count). The minimum absolute atomic E-state index is 0.183. The van der Waals surface area contributed by atoms with E-state index in [1.165, 1.54) is 6.42 Å². The maximum Gasteiger partial charge on any atom is 0.236 e. The molecule has 0 unspecified atom stereocenters. The normalized spacial score (nSPS) is 15.0. The third kappa shape index (κ3) is 6.50. The van der Waals surface area contributed by atoms with E-state index in [9.17, 15) is 4.79 Å². The molecule has 1 saturated heterocycles. The summed E-state index contributed by atoms with van der Waals surface area (Å²) in [6.45, 7) is 6.39. The van der Waals surface area contributed by atoms with Crippen LogP contribution in [0, 0.1) is 0 Å². The van der Waals surface area contributed by atoms with Crippen molar-refractivity contribution in [2.45, 2.75) is 19.3 Å². The molecule has 0 aliphatic carbocycles.